The van der Waals surface area contributed by atoms with Gasteiger partial charge in [0, 0.05) is 49.0 Å². The Kier molecular flexibility index (Phi) is 4.72. The highest BCUT2D eigenvalue weighted by molar-refractivity contribution is 5.85. The predicted octanol–water partition coefficient (Wildman–Crippen LogP) is 5.51. The number of carbonyl (C=O) groups is 1. The molecule has 1 amide bonds. The SMILES string of the molecule is O=C(C1CC1)N1CC[C@@H](Cn2c(-c3ccc(-c4ccc5[nH]ccc5c4)cc3)nc3ncccc32)C1. The summed E-state index contributed by atoms with van der Waals surface area (Å²) in [5.74, 6) is 2.03. The highest BCUT2D eigenvalue weighted by Crippen LogP contribution is 2.34. The Labute approximate surface area is 203 Å². The molecule has 0 unspecified atom stereocenters. The molecular formula is C29H27N5O. The molecule has 0 spiro atoms. The van der Waals surface area contributed by atoms with Gasteiger partial charge in [0.15, 0.2) is 5.65 Å². The molecule has 3 aromatic heterocycles. The first-order valence-electron chi connectivity index (χ1n) is 12.5. The number of nitrogens with zero attached hydrogens (tertiary/aromatic N) is 4. The van der Waals surface area contributed by atoms with Crippen LogP contribution in [-0.4, -0.2) is 43.4 Å². The number of aromatic amines is 1. The van der Waals surface area contributed by atoms with Crippen molar-refractivity contribution in [3.8, 4) is 22.5 Å². The lowest BCUT2D eigenvalue weighted by molar-refractivity contribution is -0.131. The molecule has 5 aromatic rings. The Balaban J connectivity index is 1.19. The molecule has 7 rings (SSSR count). The van der Waals surface area contributed by atoms with Crippen molar-refractivity contribution >= 4 is 28.0 Å². The highest BCUT2D eigenvalue weighted by Gasteiger charge is 2.36. The Hall–Kier alpha value is -3.93. The molecule has 174 valence electrons. The third-order valence-electron chi connectivity index (χ3n) is 7.52. The number of rotatable bonds is 5. The Morgan fingerprint density at radius 3 is 2.66 bits per heavy atom. The van der Waals surface area contributed by atoms with Gasteiger partial charge in [-0.25, -0.2) is 9.97 Å². The minimum absolute atomic E-state index is 0.291. The average molecular weight is 462 g/mol. The molecule has 1 N–H and O–H groups in total. The maximum absolute atomic E-state index is 12.6. The molecule has 4 heterocycles. The van der Waals surface area contributed by atoms with Gasteiger partial charge in [0.05, 0.1) is 5.52 Å². The molecule has 2 aliphatic rings. The van der Waals surface area contributed by atoms with Gasteiger partial charge in [0.2, 0.25) is 5.91 Å². The normalized spacial score (nSPS) is 18.1. The van der Waals surface area contributed by atoms with E-state index in [0.29, 0.717) is 17.7 Å². The number of H-pyrrole nitrogens is 1. The lowest BCUT2D eigenvalue weighted by Gasteiger charge is -2.17. The first kappa shape index (κ1) is 20.4. The molecule has 2 aromatic carbocycles. The molecular weight excluding hydrogens is 434 g/mol. The molecule has 1 aliphatic carbocycles. The highest BCUT2D eigenvalue weighted by atomic mass is 16.2. The van der Waals surface area contributed by atoms with Crippen LogP contribution in [0.15, 0.2) is 73.1 Å². The van der Waals surface area contributed by atoms with E-state index in [1.807, 2.05) is 12.3 Å². The summed E-state index contributed by atoms with van der Waals surface area (Å²) in [6.45, 7) is 2.56. The van der Waals surface area contributed by atoms with Gasteiger partial charge in [-0.1, -0.05) is 30.3 Å². The van der Waals surface area contributed by atoms with Crippen LogP contribution in [0.5, 0.6) is 0 Å². The van der Waals surface area contributed by atoms with Crippen molar-refractivity contribution < 1.29 is 4.79 Å². The molecule has 1 atom stereocenters. The Bertz CT molecular complexity index is 1540. The number of aromatic nitrogens is 4. The van der Waals surface area contributed by atoms with Gasteiger partial charge in [0.1, 0.15) is 5.82 Å². The minimum atomic E-state index is 0.291. The van der Waals surface area contributed by atoms with E-state index < -0.39 is 0 Å². The van der Waals surface area contributed by atoms with E-state index >= 15 is 0 Å². The number of hydrogen-bond acceptors (Lipinski definition) is 3. The molecule has 35 heavy (non-hydrogen) atoms. The van der Waals surface area contributed by atoms with Crippen molar-refractivity contribution in [2.45, 2.75) is 25.8 Å². The molecule has 1 aliphatic heterocycles. The van der Waals surface area contributed by atoms with Crippen LogP contribution in [0, 0.1) is 11.8 Å². The summed E-state index contributed by atoms with van der Waals surface area (Å²) < 4.78 is 2.30. The summed E-state index contributed by atoms with van der Waals surface area (Å²) in [6.07, 6.45) is 6.95. The van der Waals surface area contributed by atoms with E-state index in [1.165, 1.54) is 16.5 Å². The first-order chi connectivity index (χ1) is 17.2. The van der Waals surface area contributed by atoms with E-state index in [-0.39, 0.29) is 0 Å². The minimum Gasteiger partial charge on any atom is -0.361 e. The number of pyridine rings is 1. The summed E-state index contributed by atoms with van der Waals surface area (Å²) in [6, 6.07) is 21.3. The van der Waals surface area contributed by atoms with Gasteiger partial charge in [-0.05, 0) is 72.0 Å². The van der Waals surface area contributed by atoms with E-state index in [2.05, 4.69) is 74.0 Å². The van der Waals surface area contributed by atoms with E-state index in [4.69, 9.17) is 4.98 Å². The molecule has 1 saturated carbocycles. The van der Waals surface area contributed by atoms with Crippen molar-refractivity contribution in [1.82, 2.24) is 24.4 Å². The zero-order valence-electron chi connectivity index (χ0n) is 19.5. The van der Waals surface area contributed by atoms with Gasteiger partial charge in [0.25, 0.3) is 0 Å². The van der Waals surface area contributed by atoms with E-state index in [1.54, 1.807) is 6.20 Å². The second-order valence-electron chi connectivity index (χ2n) is 9.96. The van der Waals surface area contributed by atoms with Crippen molar-refractivity contribution in [3.63, 3.8) is 0 Å². The topological polar surface area (TPSA) is 66.8 Å². The van der Waals surface area contributed by atoms with Gasteiger partial charge < -0.3 is 14.5 Å². The van der Waals surface area contributed by atoms with Crippen LogP contribution in [0.3, 0.4) is 0 Å². The summed E-state index contributed by atoms with van der Waals surface area (Å²) in [5.41, 5.74) is 6.44. The maximum Gasteiger partial charge on any atom is 0.225 e. The standard InChI is InChI=1S/C29H27N5O/c35-29(22-7-8-22)33-15-12-19(17-33)18-34-26-2-1-13-31-27(26)32-28(34)21-5-3-20(4-6-21)23-9-10-25-24(16-23)11-14-30-25/h1-6,9-11,13-14,16,19,22,30H,7-8,12,15,17-18H2/t19-/m1/s1. The van der Waals surface area contributed by atoms with Gasteiger partial charge in [-0.3, -0.25) is 4.79 Å². The lowest BCUT2D eigenvalue weighted by Crippen LogP contribution is -2.30. The fourth-order valence-corrected chi connectivity index (χ4v) is 5.44. The van der Waals surface area contributed by atoms with Crippen molar-refractivity contribution in [1.29, 1.82) is 0 Å². The number of nitrogens with one attached hydrogen (secondary N) is 1. The van der Waals surface area contributed by atoms with Crippen LogP contribution < -0.4 is 0 Å². The van der Waals surface area contributed by atoms with Crippen LogP contribution in [0.2, 0.25) is 0 Å². The van der Waals surface area contributed by atoms with Crippen LogP contribution in [0.4, 0.5) is 0 Å². The lowest BCUT2D eigenvalue weighted by atomic mass is 10.0. The van der Waals surface area contributed by atoms with Crippen molar-refractivity contribution in [2.24, 2.45) is 11.8 Å². The van der Waals surface area contributed by atoms with Crippen molar-refractivity contribution in [3.05, 3.63) is 73.1 Å². The second-order valence-corrected chi connectivity index (χ2v) is 9.96. The van der Waals surface area contributed by atoms with E-state index in [9.17, 15) is 4.79 Å². The molecule has 6 heteroatoms. The summed E-state index contributed by atoms with van der Waals surface area (Å²) in [4.78, 5) is 27.3. The Morgan fingerprint density at radius 1 is 0.971 bits per heavy atom. The van der Waals surface area contributed by atoms with Crippen LogP contribution in [0.25, 0.3) is 44.6 Å². The number of amides is 1. The first-order valence-corrected chi connectivity index (χ1v) is 12.5. The largest absolute Gasteiger partial charge is 0.361 e. The number of carbonyl (C=O) groups excluding carboxylic acids is 1. The molecule has 1 saturated heterocycles. The average Bonchev–Trinajstić information content (AvgIpc) is 3.30. The van der Waals surface area contributed by atoms with Gasteiger partial charge in [-0.2, -0.15) is 0 Å². The van der Waals surface area contributed by atoms with E-state index in [0.717, 1.165) is 67.0 Å². The number of likely N-dealkylation sites (tertiary alicyclic amines) is 1. The number of hydrogen-bond donors (Lipinski definition) is 1. The fraction of sp³-hybridized carbons (Fsp3) is 0.276. The van der Waals surface area contributed by atoms with Crippen molar-refractivity contribution in [2.75, 3.05) is 13.1 Å². The van der Waals surface area contributed by atoms with Crippen LogP contribution in [0.1, 0.15) is 19.3 Å². The number of imidazole rings is 1. The molecule has 0 bridgehead atoms. The van der Waals surface area contributed by atoms with Crippen LogP contribution >= 0.6 is 0 Å². The second kappa shape index (κ2) is 8.08. The molecule has 6 nitrogen and oxygen atoms in total. The quantitative estimate of drug-likeness (QED) is 0.376. The zero-order valence-corrected chi connectivity index (χ0v) is 19.5. The monoisotopic (exact) mass is 461 g/mol. The fourth-order valence-electron chi connectivity index (χ4n) is 5.44. The van der Waals surface area contributed by atoms with Gasteiger partial charge >= 0.3 is 0 Å². The molecule has 2 fully saturated rings. The smallest absolute Gasteiger partial charge is 0.225 e. The zero-order chi connectivity index (χ0) is 23.4. The maximum atomic E-state index is 12.6. The summed E-state index contributed by atoms with van der Waals surface area (Å²) >= 11 is 0. The number of fused-ring (bicyclic) bond motifs is 2. The third kappa shape index (κ3) is 3.70. The van der Waals surface area contributed by atoms with Gasteiger partial charge in [-0.15, -0.1) is 0 Å². The summed E-state index contributed by atoms with van der Waals surface area (Å²) in [7, 11) is 0. The summed E-state index contributed by atoms with van der Waals surface area (Å²) in [5, 5.41) is 1.21. The number of benzene rings is 2. The third-order valence-corrected chi connectivity index (χ3v) is 7.52. The van der Waals surface area contributed by atoms with Crippen LogP contribution in [-0.2, 0) is 11.3 Å². The predicted molar refractivity (Wildman–Crippen MR) is 138 cm³/mol. The Morgan fingerprint density at radius 2 is 1.80 bits per heavy atom. The molecule has 0 radical (unpaired) electrons.